The maximum Gasteiger partial charge on any atom is 0.315 e. The molecule has 0 saturated heterocycles. The molecule has 9 aromatic rings. The minimum Gasteiger partial charge on any atom is -0.309 e. The quantitative estimate of drug-likeness (QED) is 0.161. The van der Waals surface area contributed by atoms with E-state index < -0.39 is 0 Å². The highest BCUT2D eigenvalue weighted by Crippen LogP contribution is 2.41. The molecular formula is C47H32N3S+. The van der Waals surface area contributed by atoms with E-state index >= 15 is 0 Å². The second-order valence-corrected chi connectivity index (χ2v) is 14.0. The van der Waals surface area contributed by atoms with Crippen LogP contribution in [-0.2, 0) is 0 Å². The van der Waals surface area contributed by atoms with Gasteiger partial charge in [0.25, 0.3) is 6.21 Å². The van der Waals surface area contributed by atoms with Crippen LogP contribution in [0.3, 0.4) is 0 Å². The Balaban J connectivity index is 1.10. The predicted molar refractivity (Wildman–Crippen MR) is 220 cm³/mol. The van der Waals surface area contributed by atoms with E-state index in [0.717, 1.165) is 23.5 Å². The summed E-state index contributed by atoms with van der Waals surface area (Å²) >= 11 is 1.86. The van der Waals surface area contributed by atoms with Crippen molar-refractivity contribution in [2.45, 2.75) is 6.42 Å². The van der Waals surface area contributed by atoms with Crippen LogP contribution in [0.2, 0.25) is 0 Å². The van der Waals surface area contributed by atoms with Crippen molar-refractivity contribution in [3.8, 4) is 27.9 Å². The van der Waals surface area contributed by atoms with Gasteiger partial charge in [0.05, 0.1) is 23.1 Å². The first-order chi connectivity index (χ1) is 25.3. The molecule has 10 rings (SSSR count). The minimum absolute atomic E-state index is 0.811. The standard InChI is InChI=1S/C47H32N3S/c1-2-14-35(15-3-1)49(37-16-11-27-48-31-37)43-20-7-4-17-38(43)34-13-10-12-32(28-34)33-23-25-45-41(29-33)39-18-5-8-21-44(39)50(45)36-24-26-47-42(30-36)40-19-6-9-22-46(40)51-47/h1-10,12-31H,11H2/q+1. The SMILES string of the molecule is C1=[N+]=CC(N(c2ccccc2)c2ccccc2-c2cccc(-c3ccc4c(c3)c3ccccc3n4-c3ccc4sc5ccccc5c4c3)c2)=CC1. The largest absolute Gasteiger partial charge is 0.315 e. The van der Waals surface area contributed by atoms with E-state index in [9.17, 15) is 0 Å². The van der Waals surface area contributed by atoms with E-state index in [1.54, 1.807) is 0 Å². The number of hydrogen-bond donors (Lipinski definition) is 0. The number of para-hydroxylation sites is 3. The zero-order valence-corrected chi connectivity index (χ0v) is 28.6. The number of thiophene rings is 1. The molecular weight excluding hydrogens is 639 g/mol. The molecule has 0 aliphatic carbocycles. The summed E-state index contributed by atoms with van der Waals surface area (Å²) in [6.07, 6.45) is 6.95. The van der Waals surface area contributed by atoms with E-state index in [4.69, 9.17) is 0 Å². The molecule has 2 aromatic heterocycles. The average molecular weight is 671 g/mol. The summed E-state index contributed by atoms with van der Waals surface area (Å²) in [5, 5.41) is 5.13. The summed E-state index contributed by atoms with van der Waals surface area (Å²) in [5.74, 6) is 0. The lowest BCUT2D eigenvalue weighted by atomic mass is 9.96. The van der Waals surface area contributed by atoms with Gasteiger partial charge in [-0.15, -0.1) is 16.0 Å². The van der Waals surface area contributed by atoms with Gasteiger partial charge in [-0.05, 0) is 89.5 Å². The second kappa shape index (κ2) is 12.2. The summed E-state index contributed by atoms with van der Waals surface area (Å²) in [6, 6.07) is 59.5. The minimum atomic E-state index is 0.811. The first-order valence-electron chi connectivity index (χ1n) is 17.4. The molecule has 1 aliphatic heterocycles. The van der Waals surface area contributed by atoms with E-state index in [-0.39, 0.29) is 0 Å². The van der Waals surface area contributed by atoms with Crippen LogP contribution in [0.15, 0.2) is 176 Å². The Hall–Kier alpha value is -6.45. The number of anilines is 2. The summed E-state index contributed by atoms with van der Waals surface area (Å²) in [7, 11) is 0. The highest BCUT2D eigenvalue weighted by molar-refractivity contribution is 7.25. The number of hydrogen-bond acceptors (Lipinski definition) is 2. The van der Waals surface area contributed by atoms with E-state index in [1.165, 1.54) is 69.9 Å². The van der Waals surface area contributed by atoms with Crippen molar-refractivity contribution >= 4 is 77.1 Å². The van der Waals surface area contributed by atoms with Gasteiger partial charge in [0, 0.05) is 47.9 Å². The van der Waals surface area contributed by atoms with Gasteiger partial charge in [-0.2, -0.15) is 0 Å². The lowest BCUT2D eigenvalue weighted by Gasteiger charge is -2.27. The highest BCUT2D eigenvalue weighted by Gasteiger charge is 2.21. The summed E-state index contributed by atoms with van der Waals surface area (Å²) in [4.78, 5) is 2.32. The fourth-order valence-electron chi connectivity index (χ4n) is 7.63. The number of rotatable bonds is 6. The molecule has 3 nitrogen and oxygen atoms in total. The van der Waals surface area contributed by atoms with Crippen molar-refractivity contribution in [1.82, 2.24) is 9.24 Å². The van der Waals surface area contributed by atoms with Crippen molar-refractivity contribution in [2.24, 2.45) is 0 Å². The third-order valence-electron chi connectivity index (χ3n) is 9.96. The lowest BCUT2D eigenvalue weighted by molar-refractivity contribution is 1.19. The molecule has 0 unspecified atom stereocenters. The Kier molecular flexibility index (Phi) is 7.02. The summed E-state index contributed by atoms with van der Waals surface area (Å²) in [6.45, 7) is 0. The van der Waals surface area contributed by atoms with Gasteiger partial charge in [0.2, 0.25) is 0 Å². The zero-order chi connectivity index (χ0) is 33.7. The normalized spacial score (nSPS) is 12.7. The molecule has 0 amide bonds. The molecule has 0 N–H and O–H groups in total. The van der Waals surface area contributed by atoms with Crippen molar-refractivity contribution in [3.63, 3.8) is 0 Å². The van der Waals surface area contributed by atoms with Crippen LogP contribution in [0.1, 0.15) is 6.42 Å². The fourth-order valence-corrected chi connectivity index (χ4v) is 8.72. The third kappa shape index (κ3) is 5.01. The Morgan fingerprint density at radius 2 is 1.27 bits per heavy atom. The van der Waals surface area contributed by atoms with Crippen LogP contribution in [0.5, 0.6) is 0 Å². The third-order valence-corrected chi connectivity index (χ3v) is 11.1. The molecule has 0 fully saturated rings. The zero-order valence-electron chi connectivity index (χ0n) is 27.8. The molecule has 0 saturated carbocycles. The number of fused-ring (bicyclic) bond motifs is 6. The van der Waals surface area contributed by atoms with Gasteiger partial charge < -0.3 is 9.47 Å². The molecule has 4 heteroatoms. The lowest BCUT2D eigenvalue weighted by Crippen LogP contribution is -2.20. The molecule has 51 heavy (non-hydrogen) atoms. The highest BCUT2D eigenvalue weighted by atomic mass is 32.1. The Bertz CT molecular complexity index is 2880. The number of nitrogens with zero attached hydrogens (tertiary/aromatic N) is 3. The van der Waals surface area contributed by atoms with E-state index in [0.29, 0.717) is 0 Å². The maximum absolute atomic E-state index is 4.52. The van der Waals surface area contributed by atoms with E-state index in [2.05, 4.69) is 184 Å². The van der Waals surface area contributed by atoms with Crippen molar-refractivity contribution in [3.05, 3.63) is 176 Å². The molecule has 240 valence electrons. The smallest absolute Gasteiger partial charge is 0.309 e. The van der Waals surface area contributed by atoms with Gasteiger partial charge in [0.15, 0.2) is 0 Å². The Labute approximate surface area is 300 Å². The van der Waals surface area contributed by atoms with Crippen LogP contribution >= 0.6 is 11.3 Å². The average Bonchev–Trinajstić information content (AvgIpc) is 3.74. The summed E-state index contributed by atoms with van der Waals surface area (Å²) < 4.78 is 9.58. The van der Waals surface area contributed by atoms with Crippen LogP contribution in [-0.4, -0.2) is 17.0 Å². The molecule has 0 bridgehead atoms. The van der Waals surface area contributed by atoms with Gasteiger partial charge in [0.1, 0.15) is 5.70 Å². The predicted octanol–water partition coefficient (Wildman–Crippen LogP) is 12.1. The molecule has 0 atom stereocenters. The molecule has 3 heterocycles. The van der Waals surface area contributed by atoms with Gasteiger partial charge >= 0.3 is 6.21 Å². The first-order valence-corrected chi connectivity index (χ1v) is 18.2. The molecule has 7 aromatic carbocycles. The van der Waals surface area contributed by atoms with Gasteiger partial charge in [-0.25, -0.2) is 0 Å². The Morgan fingerprint density at radius 1 is 0.529 bits per heavy atom. The fraction of sp³-hybridized carbons (Fsp3) is 0.0213. The number of aromatic nitrogens is 1. The number of benzene rings is 7. The molecule has 0 spiro atoms. The monoisotopic (exact) mass is 670 g/mol. The van der Waals surface area contributed by atoms with E-state index in [1.807, 2.05) is 23.8 Å². The van der Waals surface area contributed by atoms with Gasteiger partial charge in [-0.1, -0.05) is 97.1 Å². The van der Waals surface area contributed by atoms with Crippen LogP contribution in [0.4, 0.5) is 11.4 Å². The van der Waals surface area contributed by atoms with Crippen LogP contribution < -0.4 is 9.57 Å². The van der Waals surface area contributed by atoms with Crippen molar-refractivity contribution in [1.29, 1.82) is 0 Å². The Morgan fingerprint density at radius 3 is 2.18 bits per heavy atom. The van der Waals surface area contributed by atoms with Crippen molar-refractivity contribution in [2.75, 3.05) is 4.90 Å². The topological polar surface area (TPSA) is 22.3 Å². The molecule has 0 radical (unpaired) electrons. The van der Waals surface area contributed by atoms with Crippen molar-refractivity contribution < 1.29 is 0 Å². The van der Waals surface area contributed by atoms with Crippen LogP contribution in [0.25, 0.3) is 69.9 Å². The van der Waals surface area contributed by atoms with Gasteiger partial charge in [-0.3, -0.25) is 0 Å². The first kappa shape index (κ1) is 29.5. The molecule has 1 aliphatic rings. The summed E-state index contributed by atoms with van der Waals surface area (Å²) in [5.41, 5.74) is 11.6. The second-order valence-electron chi connectivity index (χ2n) is 13.0. The number of allylic oxidation sites excluding steroid dienone is 2. The van der Waals surface area contributed by atoms with Crippen LogP contribution in [0, 0.1) is 0 Å². The maximum atomic E-state index is 4.52.